The van der Waals surface area contributed by atoms with Crippen molar-refractivity contribution < 1.29 is 14.3 Å². The third kappa shape index (κ3) is 2.93. The van der Waals surface area contributed by atoms with E-state index in [9.17, 15) is 4.79 Å². The Morgan fingerprint density at radius 3 is 2.07 bits per heavy atom. The fourth-order valence-electron chi connectivity index (χ4n) is 3.94. The van der Waals surface area contributed by atoms with Crippen molar-refractivity contribution in [2.24, 2.45) is 0 Å². The van der Waals surface area contributed by atoms with Gasteiger partial charge in [-0.3, -0.25) is 4.79 Å². The zero-order chi connectivity index (χ0) is 19.8. The second-order valence-electron chi connectivity index (χ2n) is 7.09. The monoisotopic (exact) mass is 376 g/mol. The van der Waals surface area contributed by atoms with Gasteiger partial charge in [0.25, 0.3) is 5.91 Å². The van der Waals surface area contributed by atoms with Crippen LogP contribution in [0.1, 0.15) is 28.6 Å². The zero-order valence-corrected chi connectivity index (χ0v) is 16.6. The van der Waals surface area contributed by atoms with Crippen LogP contribution in [0.3, 0.4) is 0 Å². The molecule has 2 aromatic carbocycles. The van der Waals surface area contributed by atoms with Crippen molar-refractivity contribution in [3.63, 3.8) is 0 Å². The molecule has 0 bridgehead atoms. The zero-order valence-electron chi connectivity index (χ0n) is 16.6. The molecule has 0 radical (unpaired) electrons. The first-order valence-electron chi connectivity index (χ1n) is 9.30. The lowest BCUT2D eigenvalue weighted by molar-refractivity contribution is -0.120. The SMILES string of the molecule is COc1ccc(CN2C(=O)C(n3c(C)ccc3C)c3cc(OC)ccc32)cc1. The van der Waals surface area contributed by atoms with Crippen LogP contribution >= 0.6 is 0 Å². The second-order valence-corrected chi connectivity index (χ2v) is 7.09. The summed E-state index contributed by atoms with van der Waals surface area (Å²) in [4.78, 5) is 15.4. The molecule has 1 aliphatic rings. The van der Waals surface area contributed by atoms with Gasteiger partial charge in [0.15, 0.2) is 0 Å². The Morgan fingerprint density at radius 1 is 0.857 bits per heavy atom. The van der Waals surface area contributed by atoms with Crippen molar-refractivity contribution in [2.45, 2.75) is 26.4 Å². The predicted octanol–water partition coefficient (Wildman–Crippen LogP) is 4.26. The topological polar surface area (TPSA) is 43.7 Å². The Kier molecular flexibility index (Phi) is 4.59. The molecule has 1 aliphatic heterocycles. The number of rotatable bonds is 5. The van der Waals surface area contributed by atoms with Gasteiger partial charge >= 0.3 is 0 Å². The van der Waals surface area contributed by atoms with Crippen LogP contribution in [0.5, 0.6) is 11.5 Å². The van der Waals surface area contributed by atoms with E-state index in [0.29, 0.717) is 6.54 Å². The molecular formula is C23H24N2O3. The van der Waals surface area contributed by atoms with Crippen molar-refractivity contribution in [1.29, 1.82) is 0 Å². The van der Waals surface area contributed by atoms with Crippen molar-refractivity contribution in [1.82, 2.24) is 4.57 Å². The van der Waals surface area contributed by atoms with Crippen molar-refractivity contribution in [3.8, 4) is 11.5 Å². The highest BCUT2D eigenvalue weighted by atomic mass is 16.5. The number of ether oxygens (including phenoxy) is 2. The molecule has 0 saturated heterocycles. The van der Waals surface area contributed by atoms with E-state index in [2.05, 4.69) is 16.7 Å². The molecule has 1 unspecified atom stereocenters. The van der Waals surface area contributed by atoms with E-state index in [1.165, 1.54) is 0 Å². The maximum atomic E-state index is 13.5. The molecule has 2 heterocycles. The summed E-state index contributed by atoms with van der Waals surface area (Å²) < 4.78 is 12.8. The first-order chi connectivity index (χ1) is 13.5. The molecule has 1 aromatic heterocycles. The summed E-state index contributed by atoms with van der Waals surface area (Å²) in [6, 6.07) is 17.4. The van der Waals surface area contributed by atoms with Gasteiger partial charge < -0.3 is 18.9 Å². The maximum Gasteiger partial charge on any atom is 0.255 e. The molecule has 144 valence electrons. The van der Waals surface area contributed by atoms with E-state index >= 15 is 0 Å². The van der Waals surface area contributed by atoms with Crippen LogP contribution in [0.2, 0.25) is 0 Å². The third-order valence-electron chi connectivity index (χ3n) is 5.40. The molecule has 0 N–H and O–H groups in total. The maximum absolute atomic E-state index is 13.5. The Morgan fingerprint density at radius 2 is 1.46 bits per heavy atom. The highest BCUT2D eigenvalue weighted by Gasteiger charge is 2.39. The first-order valence-corrected chi connectivity index (χ1v) is 9.30. The fourth-order valence-corrected chi connectivity index (χ4v) is 3.94. The Labute approximate surface area is 165 Å². The number of carbonyl (C=O) groups is 1. The minimum Gasteiger partial charge on any atom is -0.497 e. The van der Waals surface area contributed by atoms with E-state index in [0.717, 1.165) is 39.7 Å². The van der Waals surface area contributed by atoms with E-state index in [1.807, 2.05) is 61.2 Å². The van der Waals surface area contributed by atoms with Crippen molar-refractivity contribution in [2.75, 3.05) is 19.1 Å². The largest absolute Gasteiger partial charge is 0.497 e. The molecule has 0 saturated carbocycles. The molecule has 28 heavy (non-hydrogen) atoms. The van der Waals surface area contributed by atoms with E-state index in [1.54, 1.807) is 14.2 Å². The summed E-state index contributed by atoms with van der Waals surface area (Å²) in [5.74, 6) is 1.63. The average molecular weight is 376 g/mol. The minimum atomic E-state index is -0.377. The van der Waals surface area contributed by atoms with E-state index in [4.69, 9.17) is 9.47 Å². The van der Waals surface area contributed by atoms with Crippen molar-refractivity contribution >= 4 is 11.6 Å². The number of hydrogen-bond acceptors (Lipinski definition) is 3. The normalized spacial score (nSPS) is 15.6. The molecule has 0 spiro atoms. The summed E-state index contributed by atoms with van der Waals surface area (Å²) in [6.07, 6.45) is 0. The Hall–Kier alpha value is -3.21. The summed E-state index contributed by atoms with van der Waals surface area (Å²) in [6.45, 7) is 4.58. The lowest BCUT2D eigenvalue weighted by atomic mass is 10.1. The lowest BCUT2D eigenvalue weighted by Gasteiger charge is -2.20. The van der Waals surface area contributed by atoms with Crippen LogP contribution in [0.15, 0.2) is 54.6 Å². The lowest BCUT2D eigenvalue weighted by Crippen LogP contribution is -2.31. The van der Waals surface area contributed by atoms with Crippen molar-refractivity contribution in [3.05, 3.63) is 77.1 Å². The highest BCUT2D eigenvalue weighted by molar-refractivity contribution is 6.05. The third-order valence-corrected chi connectivity index (χ3v) is 5.40. The number of benzene rings is 2. The molecule has 0 fully saturated rings. The van der Waals surface area contributed by atoms with Gasteiger partial charge in [0.2, 0.25) is 0 Å². The number of nitrogens with zero attached hydrogens (tertiary/aromatic N) is 2. The molecule has 0 aliphatic carbocycles. The predicted molar refractivity (Wildman–Crippen MR) is 109 cm³/mol. The standard InChI is InChI=1S/C23H24N2O3/c1-15-5-6-16(2)25(15)22-20-13-19(28-4)11-12-21(20)24(23(22)26)14-17-7-9-18(27-3)10-8-17/h5-13,22H,14H2,1-4H3. The van der Waals surface area contributed by atoms with Gasteiger partial charge in [-0.1, -0.05) is 12.1 Å². The number of hydrogen-bond donors (Lipinski definition) is 0. The van der Waals surface area contributed by atoms with Gasteiger partial charge in [-0.25, -0.2) is 0 Å². The van der Waals surface area contributed by atoms with Crippen LogP contribution in [-0.2, 0) is 11.3 Å². The van der Waals surface area contributed by atoms with Gasteiger partial charge in [-0.15, -0.1) is 0 Å². The summed E-state index contributed by atoms with van der Waals surface area (Å²) >= 11 is 0. The Balaban J connectivity index is 1.77. The Bertz CT molecular complexity index is 1000. The molecule has 5 nitrogen and oxygen atoms in total. The summed E-state index contributed by atoms with van der Waals surface area (Å²) in [7, 11) is 3.30. The first kappa shape index (κ1) is 18.2. The van der Waals surface area contributed by atoms with Crippen LogP contribution < -0.4 is 14.4 Å². The molecule has 5 heteroatoms. The van der Waals surface area contributed by atoms with Gasteiger partial charge in [0.05, 0.1) is 26.5 Å². The molecule has 4 rings (SSSR count). The van der Waals surface area contributed by atoms with E-state index < -0.39 is 0 Å². The minimum absolute atomic E-state index is 0.0708. The van der Waals surface area contributed by atoms with Gasteiger partial charge in [0.1, 0.15) is 17.5 Å². The smallest absolute Gasteiger partial charge is 0.255 e. The van der Waals surface area contributed by atoms with Crippen LogP contribution in [0, 0.1) is 13.8 Å². The second kappa shape index (κ2) is 7.08. The molecule has 1 atom stereocenters. The number of aromatic nitrogens is 1. The molecule has 1 amide bonds. The average Bonchev–Trinajstić information content (AvgIpc) is 3.18. The number of fused-ring (bicyclic) bond motifs is 1. The van der Waals surface area contributed by atoms with Crippen LogP contribution in [-0.4, -0.2) is 24.7 Å². The molecule has 3 aromatic rings. The number of aryl methyl sites for hydroxylation is 2. The number of amides is 1. The fraction of sp³-hybridized carbons (Fsp3) is 0.261. The number of anilines is 1. The molecular weight excluding hydrogens is 352 g/mol. The quantitative estimate of drug-likeness (QED) is 0.668. The van der Waals surface area contributed by atoms with Crippen LogP contribution in [0.4, 0.5) is 5.69 Å². The highest BCUT2D eigenvalue weighted by Crippen LogP contribution is 2.42. The van der Waals surface area contributed by atoms with E-state index in [-0.39, 0.29) is 11.9 Å². The summed E-state index contributed by atoms with van der Waals surface area (Å²) in [5, 5.41) is 0. The number of carbonyl (C=O) groups excluding carboxylic acids is 1. The van der Waals surface area contributed by atoms with Gasteiger partial charge in [-0.05, 0) is 61.9 Å². The number of methoxy groups -OCH3 is 2. The summed E-state index contributed by atoms with van der Waals surface area (Å²) in [5.41, 5.74) is 5.09. The van der Waals surface area contributed by atoms with Gasteiger partial charge in [0, 0.05) is 17.0 Å². The van der Waals surface area contributed by atoms with Crippen LogP contribution in [0.25, 0.3) is 0 Å². The van der Waals surface area contributed by atoms with Gasteiger partial charge in [-0.2, -0.15) is 0 Å².